The summed E-state index contributed by atoms with van der Waals surface area (Å²) in [5, 5.41) is 3.10. The molecule has 0 bridgehead atoms. The van der Waals surface area contributed by atoms with Crippen molar-refractivity contribution in [1.29, 1.82) is 0 Å². The Morgan fingerprint density at radius 1 is 1.53 bits per heavy atom. The van der Waals surface area contributed by atoms with Crippen LogP contribution in [0.5, 0.6) is 0 Å². The Hall–Kier alpha value is -0.570. The van der Waals surface area contributed by atoms with E-state index in [4.69, 9.17) is 4.74 Å². The van der Waals surface area contributed by atoms with Crippen LogP contribution in [0.1, 0.15) is 46.5 Å². The van der Waals surface area contributed by atoms with E-state index in [2.05, 4.69) is 12.2 Å². The maximum Gasteiger partial charge on any atom is 0.222 e. The minimum absolute atomic E-state index is 0.0609. The summed E-state index contributed by atoms with van der Waals surface area (Å²) in [6, 6.07) is 0.215. The van der Waals surface area contributed by atoms with Crippen LogP contribution in [-0.4, -0.2) is 24.7 Å². The van der Waals surface area contributed by atoms with Crippen molar-refractivity contribution in [2.24, 2.45) is 5.92 Å². The van der Waals surface area contributed by atoms with Crippen molar-refractivity contribution >= 4 is 5.91 Å². The first-order chi connectivity index (χ1) is 7.15. The standard InChI is InChI=1S/C12H23NO2/c1-4-6-10(11-7-5-8-15-11)13-12(14)9(2)3/h9-11H,4-8H2,1-3H3,(H,13,14). The van der Waals surface area contributed by atoms with Crippen molar-refractivity contribution in [2.45, 2.75) is 58.6 Å². The number of ether oxygens (including phenoxy) is 1. The van der Waals surface area contributed by atoms with E-state index in [9.17, 15) is 4.79 Å². The molecule has 88 valence electrons. The first kappa shape index (κ1) is 12.5. The lowest BCUT2D eigenvalue weighted by Crippen LogP contribution is -2.44. The van der Waals surface area contributed by atoms with Crippen molar-refractivity contribution in [3.63, 3.8) is 0 Å². The molecule has 0 radical (unpaired) electrons. The van der Waals surface area contributed by atoms with Crippen molar-refractivity contribution in [1.82, 2.24) is 5.32 Å². The van der Waals surface area contributed by atoms with Gasteiger partial charge in [0.2, 0.25) is 5.91 Å². The molecular formula is C12H23NO2. The Kier molecular flexibility index (Phi) is 5.09. The summed E-state index contributed by atoms with van der Waals surface area (Å²) in [4.78, 5) is 11.6. The molecule has 0 spiro atoms. The maximum atomic E-state index is 11.6. The lowest BCUT2D eigenvalue weighted by atomic mass is 10.0. The number of hydrogen-bond donors (Lipinski definition) is 1. The summed E-state index contributed by atoms with van der Waals surface area (Å²) in [6.45, 7) is 6.84. The van der Waals surface area contributed by atoms with Crippen LogP contribution < -0.4 is 5.32 Å². The number of nitrogens with one attached hydrogen (secondary N) is 1. The van der Waals surface area contributed by atoms with Gasteiger partial charge in [0.25, 0.3) is 0 Å². The van der Waals surface area contributed by atoms with E-state index < -0.39 is 0 Å². The Bertz CT molecular complexity index is 198. The van der Waals surface area contributed by atoms with Crippen molar-refractivity contribution in [3.8, 4) is 0 Å². The quantitative estimate of drug-likeness (QED) is 0.759. The zero-order valence-electron chi connectivity index (χ0n) is 10.1. The Labute approximate surface area is 92.6 Å². The second kappa shape index (κ2) is 6.11. The van der Waals surface area contributed by atoms with E-state index in [0.717, 1.165) is 32.3 Å². The second-order valence-electron chi connectivity index (χ2n) is 4.61. The molecule has 0 aromatic rings. The average Bonchev–Trinajstić information content (AvgIpc) is 2.69. The minimum atomic E-state index is 0.0609. The zero-order valence-corrected chi connectivity index (χ0v) is 10.1. The van der Waals surface area contributed by atoms with E-state index in [0.29, 0.717) is 0 Å². The van der Waals surface area contributed by atoms with Crippen molar-refractivity contribution in [3.05, 3.63) is 0 Å². The van der Waals surface area contributed by atoms with Crippen LogP contribution in [-0.2, 0) is 9.53 Å². The molecule has 2 atom stereocenters. The van der Waals surface area contributed by atoms with Gasteiger partial charge in [-0.05, 0) is 19.3 Å². The fourth-order valence-electron chi connectivity index (χ4n) is 1.93. The van der Waals surface area contributed by atoms with Crippen LogP contribution >= 0.6 is 0 Å². The van der Waals surface area contributed by atoms with Crippen LogP contribution in [0.2, 0.25) is 0 Å². The van der Waals surface area contributed by atoms with Crippen LogP contribution in [0.15, 0.2) is 0 Å². The molecule has 0 aliphatic carbocycles. The fourth-order valence-corrected chi connectivity index (χ4v) is 1.93. The molecule has 15 heavy (non-hydrogen) atoms. The van der Waals surface area contributed by atoms with E-state index in [1.165, 1.54) is 0 Å². The third-order valence-electron chi connectivity index (χ3n) is 2.87. The van der Waals surface area contributed by atoms with Crippen LogP contribution in [0.3, 0.4) is 0 Å². The van der Waals surface area contributed by atoms with Crippen LogP contribution in [0.4, 0.5) is 0 Å². The van der Waals surface area contributed by atoms with E-state index in [-0.39, 0.29) is 24.0 Å². The van der Waals surface area contributed by atoms with Gasteiger partial charge in [-0.3, -0.25) is 4.79 Å². The topological polar surface area (TPSA) is 38.3 Å². The number of carbonyl (C=O) groups excluding carboxylic acids is 1. The number of hydrogen-bond acceptors (Lipinski definition) is 2. The van der Waals surface area contributed by atoms with E-state index in [1.54, 1.807) is 0 Å². The first-order valence-electron chi connectivity index (χ1n) is 6.07. The lowest BCUT2D eigenvalue weighted by Gasteiger charge is -2.24. The summed E-state index contributed by atoms with van der Waals surface area (Å²) < 4.78 is 5.63. The summed E-state index contributed by atoms with van der Waals surface area (Å²) in [7, 11) is 0. The fraction of sp³-hybridized carbons (Fsp3) is 0.917. The molecule has 1 fully saturated rings. The molecule has 1 amide bonds. The second-order valence-corrected chi connectivity index (χ2v) is 4.61. The minimum Gasteiger partial charge on any atom is -0.376 e. The Balaban J connectivity index is 2.45. The van der Waals surface area contributed by atoms with Gasteiger partial charge >= 0.3 is 0 Å². The highest BCUT2D eigenvalue weighted by Crippen LogP contribution is 2.18. The summed E-state index contributed by atoms with van der Waals surface area (Å²) in [5.41, 5.74) is 0. The van der Waals surface area contributed by atoms with Gasteiger partial charge in [0.15, 0.2) is 0 Å². The Morgan fingerprint density at radius 2 is 2.27 bits per heavy atom. The van der Waals surface area contributed by atoms with E-state index in [1.807, 2.05) is 13.8 Å². The predicted octanol–water partition coefficient (Wildman–Crippen LogP) is 2.11. The Morgan fingerprint density at radius 3 is 2.73 bits per heavy atom. The molecule has 0 aromatic heterocycles. The number of amides is 1. The molecular weight excluding hydrogens is 190 g/mol. The molecule has 1 N–H and O–H groups in total. The van der Waals surface area contributed by atoms with E-state index >= 15 is 0 Å². The summed E-state index contributed by atoms with van der Waals surface area (Å²) >= 11 is 0. The van der Waals surface area contributed by atoms with Gasteiger partial charge in [-0.25, -0.2) is 0 Å². The molecule has 1 aliphatic heterocycles. The van der Waals surface area contributed by atoms with Gasteiger partial charge in [0, 0.05) is 12.5 Å². The molecule has 1 saturated heterocycles. The lowest BCUT2D eigenvalue weighted by molar-refractivity contribution is -0.125. The molecule has 3 heteroatoms. The highest BCUT2D eigenvalue weighted by atomic mass is 16.5. The van der Waals surface area contributed by atoms with Crippen LogP contribution in [0, 0.1) is 5.92 Å². The van der Waals surface area contributed by atoms with Gasteiger partial charge < -0.3 is 10.1 Å². The normalized spacial score (nSPS) is 23.1. The molecule has 1 rings (SSSR count). The SMILES string of the molecule is CCCC(NC(=O)C(C)C)C1CCCO1. The zero-order chi connectivity index (χ0) is 11.3. The maximum absolute atomic E-state index is 11.6. The van der Waals surface area contributed by atoms with Gasteiger partial charge in [-0.1, -0.05) is 27.2 Å². The van der Waals surface area contributed by atoms with Gasteiger partial charge in [-0.15, -0.1) is 0 Å². The first-order valence-corrected chi connectivity index (χ1v) is 6.07. The third kappa shape index (κ3) is 3.82. The highest BCUT2D eigenvalue weighted by Gasteiger charge is 2.26. The molecule has 0 aromatic carbocycles. The highest BCUT2D eigenvalue weighted by molar-refractivity contribution is 5.78. The third-order valence-corrected chi connectivity index (χ3v) is 2.87. The largest absolute Gasteiger partial charge is 0.376 e. The summed E-state index contributed by atoms with van der Waals surface area (Å²) in [5.74, 6) is 0.203. The van der Waals surface area contributed by atoms with Gasteiger partial charge in [0.05, 0.1) is 12.1 Å². The van der Waals surface area contributed by atoms with Crippen molar-refractivity contribution in [2.75, 3.05) is 6.61 Å². The van der Waals surface area contributed by atoms with Crippen LogP contribution in [0.25, 0.3) is 0 Å². The number of rotatable bonds is 5. The average molecular weight is 213 g/mol. The molecule has 3 nitrogen and oxygen atoms in total. The van der Waals surface area contributed by atoms with Gasteiger partial charge in [0.1, 0.15) is 0 Å². The predicted molar refractivity (Wildman–Crippen MR) is 60.7 cm³/mol. The molecule has 0 saturated carbocycles. The smallest absolute Gasteiger partial charge is 0.222 e. The monoisotopic (exact) mass is 213 g/mol. The molecule has 2 unspecified atom stereocenters. The van der Waals surface area contributed by atoms with Crippen molar-refractivity contribution < 1.29 is 9.53 Å². The molecule has 1 heterocycles. The van der Waals surface area contributed by atoms with Gasteiger partial charge in [-0.2, -0.15) is 0 Å². The number of carbonyl (C=O) groups is 1. The summed E-state index contributed by atoms with van der Waals surface area (Å²) in [6.07, 6.45) is 4.56. The molecule has 1 aliphatic rings.